The zero-order valence-electron chi connectivity index (χ0n) is 11.6. The van der Waals surface area contributed by atoms with Crippen LogP contribution in [-0.4, -0.2) is 12.5 Å². The van der Waals surface area contributed by atoms with Crippen molar-refractivity contribution in [3.05, 3.63) is 58.6 Å². The molecular formula is C16H17ClN2O. The molecule has 2 N–H and O–H groups in total. The topological polar surface area (TPSA) is 46.3 Å². The summed E-state index contributed by atoms with van der Waals surface area (Å²) in [7, 11) is 0. The monoisotopic (exact) mass is 288 g/mol. The largest absolute Gasteiger partial charge is 0.399 e. The average molecular weight is 289 g/mol. The first kappa shape index (κ1) is 14.4. The summed E-state index contributed by atoms with van der Waals surface area (Å²) in [5, 5.41) is 0.571. The summed E-state index contributed by atoms with van der Waals surface area (Å²) in [5.41, 5.74) is 8.73. The number of benzene rings is 2. The number of carbonyl (C=O) groups excluding carboxylic acids is 1. The van der Waals surface area contributed by atoms with Gasteiger partial charge in [0.15, 0.2) is 0 Å². The maximum Gasteiger partial charge on any atom is 0.258 e. The third-order valence-electron chi connectivity index (χ3n) is 3.06. The molecule has 0 atom stereocenters. The van der Waals surface area contributed by atoms with Gasteiger partial charge < -0.3 is 10.6 Å². The zero-order valence-corrected chi connectivity index (χ0v) is 12.3. The van der Waals surface area contributed by atoms with Gasteiger partial charge in [-0.15, -0.1) is 0 Å². The van der Waals surface area contributed by atoms with E-state index in [0.717, 1.165) is 11.3 Å². The van der Waals surface area contributed by atoms with E-state index < -0.39 is 0 Å². The van der Waals surface area contributed by atoms with Crippen LogP contribution in [0.2, 0.25) is 5.02 Å². The van der Waals surface area contributed by atoms with Crippen LogP contribution in [-0.2, 0) is 0 Å². The Morgan fingerprint density at radius 2 is 1.85 bits per heavy atom. The second-order valence-corrected chi connectivity index (χ2v) is 5.09. The standard InChI is InChI=1S/C16H17ClN2O/c1-3-19(15-6-4-14(18)5-7-15)16(20)12-8-11(2)9-13(17)10-12/h4-10H,3,18H2,1-2H3. The first-order valence-corrected chi connectivity index (χ1v) is 6.83. The average Bonchev–Trinajstić information content (AvgIpc) is 2.40. The number of carbonyl (C=O) groups is 1. The molecule has 3 nitrogen and oxygen atoms in total. The van der Waals surface area contributed by atoms with E-state index in [4.69, 9.17) is 17.3 Å². The molecule has 2 aromatic carbocycles. The van der Waals surface area contributed by atoms with Gasteiger partial charge in [-0.25, -0.2) is 0 Å². The Hall–Kier alpha value is -2.00. The number of hydrogen-bond acceptors (Lipinski definition) is 2. The van der Waals surface area contributed by atoms with E-state index in [1.807, 2.05) is 38.1 Å². The highest BCUT2D eigenvalue weighted by molar-refractivity contribution is 6.31. The van der Waals surface area contributed by atoms with E-state index in [9.17, 15) is 4.79 Å². The lowest BCUT2D eigenvalue weighted by Gasteiger charge is -2.21. The van der Waals surface area contributed by atoms with Crippen LogP contribution in [0.3, 0.4) is 0 Å². The van der Waals surface area contributed by atoms with Crippen molar-refractivity contribution < 1.29 is 4.79 Å². The van der Waals surface area contributed by atoms with E-state index >= 15 is 0 Å². The van der Waals surface area contributed by atoms with Crippen LogP contribution in [0.15, 0.2) is 42.5 Å². The van der Waals surface area contributed by atoms with Crippen LogP contribution in [0, 0.1) is 6.92 Å². The Balaban J connectivity index is 2.36. The van der Waals surface area contributed by atoms with Gasteiger partial charge in [0.05, 0.1) is 0 Å². The Kier molecular flexibility index (Phi) is 4.30. The molecule has 0 radical (unpaired) electrons. The van der Waals surface area contributed by atoms with Gasteiger partial charge in [-0.1, -0.05) is 11.6 Å². The quantitative estimate of drug-likeness (QED) is 0.871. The molecule has 0 heterocycles. The summed E-state index contributed by atoms with van der Waals surface area (Å²) >= 11 is 6.02. The third-order valence-corrected chi connectivity index (χ3v) is 3.27. The molecule has 0 spiro atoms. The molecule has 1 amide bonds. The molecule has 2 rings (SSSR count). The number of nitrogens with zero attached hydrogens (tertiary/aromatic N) is 1. The Morgan fingerprint density at radius 3 is 2.40 bits per heavy atom. The second-order valence-electron chi connectivity index (χ2n) is 4.66. The molecule has 20 heavy (non-hydrogen) atoms. The summed E-state index contributed by atoms with van der Waals surface area (Å²) in [5.74, 6) is -0.0668. The summed E-state index contributed by atoms with van der Waals surface area (Å²) in [6.07, 6.45) is 0. The molecule has 2 aromatic rings. The fourth-order valence-corrected chi connectivity index (χ4v) is 2.40. The number of hydrogen-bond donors (Lipinski definition) is 1. The molecule has 0 unspecified atom stereocenters. The van der Waals surface area contributed by atoms with E-state index in [1.54, 1.807) is 23.1 Å². The van der Waals surface area contributed by atoms with Crippen LogP contribution in [0.4, 0.5) is 11.4 Å². The fraction of sp³-hybridized carbons (Fsp3) is 0.188. The maximum absolute atomic E-state index is 12.6. The third kappa shape index (κ3) is 3.11. The fourth-order valence-electron chi connectivity index (χ4n) is 2.11. The van der Waals surface area contributed by atoms with Crippen molar-refractivity contribution in [2.45, 2.75) is 13.8 Å². The van der Waals surface area contributed by atoms with Crippen molar-refractivity contribution in [3.63, 3.8) is 0 Å². The number of rotatable bonds is 3. The lowest BCUT2D eigenvalue weighted by atomic mass is 10.1. The van der Waals surface area contributed by atoms with Crippen LogP contribution in [0.25, 0.3) is 0 Å². The highest BCUT2D eigenvalue weighted by Gasteiger charge is 2.16. The summed E-state index contributed by atoms with van der Waals surface area (Å²) < 4.78 is 0. The van der Waals surface area contributed by atoms with Gasteiger partial charge in [0, 0.05) is 28.5 Å². The van der Waals surface area contributed by atoms with E-state index in [2.05, 4.69) is 0 Å². The van der Waals surface area contributed by atoms with Crippen molar-refractivity contribution in [1.29, 1.82) is 0 Å². The normalized spacial score (nSPS) is 10.3. The van der Waals surface area contributed by atoms with Crippen LogP contribution < -0.4 is 10.6 Å². The number of nitrogens with two attached hydrogens (primary N) is 1. The summed E-state index contributed by atoms with van der Waals surface area (Å²) in [6.45, 7) is 4.43. The minimum absolute atomic E-state index is 0.0668. The molecule has 0 aliphatic rings. The lowest BCUT2D eigenvalue weighted by molar-refractivity contribution is 0.0988. The number of amides is 1. The highest BCUT2D eigenvalue weighted by Crippen LogP contribution is 2.21. The van der Waals surface area contributed by atoms with Crippen LogP contribution in [0.1, 0.15) is 22.8 Å². The first-order chi connectivity index (χ1) is 9.51. The van der Waals surface area contributed by atoms with Gasteiger partial charge in [-0.05, 0) is 61.9 Å². The molecule has 0 saturated carbocycles. The number of aryl methyl sites for hydroxylation is 1. The molecule has 0 saturated heterocycles. The van der Waals surface area contributed by atoms with Gasteiger partial charge >= 0.3 is 0 Å². The molecule has 0 bridgehead atoms. The number of halogens is 1. The van der Waals surface area contributed by atoms with Crippen LogP contribution >= 0.6 is 11.6 Å². The minimum atomic E-state index is -0.0668. The van der Waals surface area contributed by atoms with E-state index in [1.165, 1.54) is 0 Å². The summed E-state index contributed by atoms with van der Waals surface area (Å²) in [4.78, 5) is 14.3. The van der Waals surface area contributed by atoms with Crippen molar-refractivity contribution in [3.8, 4) is 0 Å². The predicted octanol–water partition coefficient (Wildman–Crippen LogP) is 3.90. The number of anilines is 2. The zero-order chi connectivity index (χ0) is 14.7. The van der Waals surface area contributed by atoms with Crippen molar-refractivity contribution >= 4 is 28.9 Å². The second kappa shape index (κ2) is 5.97. The van der Waals surface area contributed by atoms with Gasteiger partial charge in [0.2, 0.25) is 0 Å². The van der Waals surface area contributed by atoms with Crippen molar-refractivity contribution in [2.24, 2.45) is 0 Å². The SMILES string of the molecule is CCN(C(=O)c1cc(C)cc(Cl)c1)c1ccc(N)cc1. The molecule has 4 heteroatoms. The molecule has 0 aromatic heterocycles. The van der Waals surface area contributed by atoms with E-state index in [0.29, 0.717) is 22.8 Å². The predicted molar refractivity (Wildman–Crippen MR) is 84.4 cm³/mol. The Labute approximate surface area is 124 Å². The van der Waals surface area contributed by atoms with Crippen LogP contribution in [0.5, 0.6) is 0 Å². The molecule has 0 aliphatic heterocycles. The van der Waals surface area contributed by atoms with Crippen molar-refractivity contribution in [1.82, 2.24) is 0 Å². The van der Waals surface area contributed by atoms with E-state index in [-0.39, 0.29) is 5.91 Å². The molecule has 0 fully saturated rings. The lowest BCUT2D eigenvalue weighted by Crippen LogP contribution is -2.30. The number of nitrogen functional groups attached to an aromatic ring is 1. The molecule has 0 aliphatic carbocycles. The summed E-state index contributed by atoms with van der Waals surface area (Å²) in [6, 6.07) is 12.6. The maximum atomic E-state index is 12.6. The van der Waals surface area contributed by atoms with Crippen molar-refractivity contribution in [2.75, 3.05) is 17.2 Å². The van der Waals surface area contributed by atoms with Gasteiger partial charge in [-0.3, -0.25) is 4.79 Å². The highest BCUT2D eigenvalue weighted by atomic mass is 35.5. The Bertz CT molecular complexity index is 603. The Morgan fingerprint density at radius 1 is 1.20 bits per heavy atom. The van der Waals surface area contributed by atoms with Gasteiger partial charge in [-0.2, -0.15) is 0 Å². The van der Waals surface area contributed by atoms with Gasteiger partial charge in [0.1, 0.15) is 0 Å². The minimum Gasteiger partial charge on any atom is -0.399 e. The molecule has 104 valence electrons. The first-order valence-electron chi connectivity index (χ1n) is 6.46. The molecular weight excluding hydrogens is 272 g/mol. The van der Waals surface area contributed by atoms with Gasteiger partial charge in [0.25, 0.3) is 5.91 Å². The smallest absolute Gasteiger partial charge is 0.258 e.